The molecule has 0 bridgehead atoms. The lowest BCUT2D eigenvalue weighted by Crippen LogP contribution is -2.42. The molecule has 0 aliphatic carbocycles. The van der Waals surface area contributed by atoms with Crippen molar-refractivity contribution in [2.24, 2.45) is 5.92 Å². The summed E-state index contributed by atoms with van der Waals surface area (Å²) in [4.78, 5) is 2.60. The van der Waals surface area contributed by atoms with Crippen LogP contribution < -0.4 is 5.32 Å². The van der Waals surface area contributed by atoms with E-state index in [1.807, 2.05) is 0 Å². The molecule has 0 saturated carbocycles. The van der Waals surface area contributed by atoms with Crippen LogP contribution >= 0.6 is 0 Å². The van der Waals surface area contributed by atoms with E-state index in [0.29, 0.717) is 0 Å². The van der Waals surface area contributed by atoms with E-state index in [4.69, 9.17) is 0 Å². The Morgan fingerprint density at radius 1 is 1.46 bits per heavy atom. The summed E-state index contributed by atoms with van der Waals surface area (Å²) in [7, 11) is 0. The van der Waals surface area contributed by atoms with Crippen LogP contribution in [0.3, 0.4) is 0 Å². The summed E-state index contributed by atoms with van der Waals surface area (Å²) in [5.74, 6) is 0.885. The first-order chi connectivity index (χ1) is 6.24. The zero-order valence-electron chi connectivity index (χ0n) is 9.34. The van der Waals surface area contributed by atoms with E-state index in [9.17, 15) is 0 Å². The Labute approximate surface area is 82.7 Å². The normalized spacial score (nSPS) is 25.4. The second-order valence-electron chi connectivity index (χ2n) is 4.40. The molecule has 0 aromatic heterocycles. The molecule has 0 aromatic carbocycles. The number of hydrogen-bond donors (Lipinski definition) is 1. The Balaban J connectivity index is 2.25. The third-order valence-corrected chi connectivity index (χ3v) is 2.96. The largest absolute Gasteiger partial charge is 0.317 e. The van der Waals surface area contributed by atoms with Crippen molar-refractivity contribution in [1.29, 1.82) is 0 Å². The molecule has 0 amide bonds. The minimum Gasteiger partial charge on any atom is -0.317 e. The first-order valence-corrected chi connectivity index (χ1v) is 5.68. The monoisotopic (exact) mass is 184 g/mol. The quantitative estimate of drug-likeness (QED) is 0.715. The summed E-state index contributed by atoms with van der Waals surface area (Å²) >= 11 is 0. The molecular weight excluding hydrogens is 160 g/mol. The third kappa shape index (κ3) is 3.65. The van der Waals surface area contributed by atoms with Crippen LogP contribution in [0.25, 0.3) is 0 Å². The summed E-state index contributed by atoms with van der Waals surface area (Å²) in [5, 5.41) is 3.45. The van der Waals surface area contributed by atoms with Crippen molar-refractivity contribution in [3.8, 4) is 0 Å². The van der Waals surface area contributed by atoms with Crippen molar-refractivity contribution in [3.63, 3.8) is 0 Å². The summed E-state index contributed by atoms with van der Waals surface area (Å²) in [6.07, 6.45) is 2.80. The van der Waals surface area contributed by atoms with Gasteiger partial charge in [0, 0.05) is 12.6 Å². The summed E-state index contributed by atoms with van der Waals surface area (Å²) in [6.45, 7) is 11.7. The molecule has 1 rings (SSSR count). The van der Waals surface area contributed by atoms with Crippen LogP contribution in [0.1, 0.15) is 33.6 Å². The fraction of sp³-hybridized carbons (Fsp3) is 1.00. The van der Waals surface area contributed by atoms with Gasteiger partial charge in [-0.3, -0.25) is 0 Å². The number of nitrogens with zero attached hydrogens (tertiary/aromatic N) is 1. The Bertz CT molecular complexity index is 134. The Hall–Kier alpha value is -0.0800. The van der Waals surface area contributed by atoms with Gasteiger partial charge in [0.15, 0.2) is 0 Å². The van der Waals surface area contributed by atoms with Crippen molar-refractivity contribution >= 4 is 0 Å². The summed E-state index contributed by atoms with van der Waals surface area (Å²) in [5.41, 5.74) is 0. The minimum atomic E-state index is 0.726. The lowest BCUT2D eigenvalue weighted by molar-refractivity contribution is 0.139. The molecule has 1 heterocycles. The van der Waals surface area contributed by atoms with Crippen LogP contribution in [0.2, 0.25) is 0 Å². The third-order valence-electron chi connectivity index (χ3n) is 2.96. The molecule has 2 heteroatoms. The van der Waals surface area contributed by atoms with Crippen molar-refractivity contribution in [2.75, 3.05) is 26.2 Å². The van der Waals surface area contributed by atoms with Crippen molar-refractivity contribution in [2.45, 2.75) is 39.7 Å². The van der Waals surface area contributed by atoms with Crippen LogP contribution in [-0.4, -0.2) is 37.1 Å². The number of likely N-dealkylation sites (tertiary alicyclic amines) is 1. The maximum Gasteiger partial charge on any atom is 0.00387 e. The van der Waals surface area contributed by atoms with Crippen LogP contribution in [0, 0.1) is 5.92 Å². The molecule has 1 aliphatic rings. The van der Waals surface area contributed by atoms with E-state index >= 15 is 0 Å². The molecule has 1 aliphatic heterocycles. The van der Waals surface area contributed by atoms with Gasteiger partial charge in [0.1, 0.15) is 0 Å². The van der Waals surface area contributed by atoms with Crippen LogP contribution in [-0.2, 0) is 0 Å². The summed E-state index contributed by atoms with van der Waals surface area (Å²) < 4.78 is 0. The van der Waals surface area contributed by atoms with E-state index in [1.165, 1.54) is 32.5 Å². The average Bonchev–Trinajstić information content (AvgIpc) is 2.15. The van der Waals surface area contributed by atoms with E-state index in [2.05, 4.69) is 31.0 Å². The highest BCUT2D eigenvalue weighted by Gasteiger charge is 2.20. The predicted molar refractivity (Wildman–Crippen MR) is 58.0 cm³/mol. The molecular formula is C11H24N2. The molecule has 0 aromatic rings. The molecule has 0 radical (unpaired) electrons. The van der Waals surface area contributed by atoms with Gasteiger partial charge in [0.2, 0.25) is 0 Å². The molecule has 1 N–H and O–H groups in total. The van der Waals surface area contributed by atoms with Gasteiger partial charge >= 0.3 is 0 Å². The van der Waals surface area contributed by atoms with E-state index in [-0.39, 0.29) is 0 Å². The van der Waals surface area contributed by atoms with Gasteiger partial charge in [-0.05, 0) is 52.2 Å². The van der Waals surface area contributed by atoms with Gasteiger partial charge in [0.25, 0.3) is 0 Å². The van der Waals surface area contributed by atoms with Gasteiger partial charge in [-0.15, -0.1) is 0 Å². The highest BCUT2D eigenvalue weighted by molar-refractivity contribution is 4.76. The van der Waals surface area contributed by atoms with Crippen molar-refractivity contribution < 1.29 is 0 Å². The number of rotatable bonds is 4. The van der Waals surface area contributed by atoms with E-state index in [0.717, 1.165) is 18.5 Å². The maximum absolute atomic E-state index is 3.45. The molecule has 0 unspecified atom stereocenters. The topological polar surface area (TPSA) is 15.3 Å². The van der Waals surface area contributed by atoms with E-state index < -0.39 is 0 Å². The average molecular weight is 184 g/mol. The zero-order valence-corrected chi connectivity index (χ0v) is 9.34. The molecule has 13 heavy (non-hydrogen) atoms. The van der Waals surface area contributed by atoms with Crippen LogP contribution in [0.4, 0.5) is 0 Å². The fourth-order valence-corrected chi connectivity index (χ4v) is 2.08. The van der Waals surface area contributed by atoms with Gasteiger partial charge in [0.05, 0.1) is 0 Å². The molecule has 1 saturated heterocycles. The van der Waals surface area contributed by atoms with Crippen molar-refractivity contribution in [1.82, 2.24) is 10.2 Å². The van der Waals surface area contributed by atoms with Crippen LogP contribution in [0.15, 0.2) is 0 Å². The standard InChI is InChI=1S/C11H24N2/c1-4-12-8-11-6-5-7-13(9-11)10(2)3/h10-12H,4-9H2,1-3H3/t11-/m0/s1. The van der Waals surface area contributed by atoms with Gasteiger partial charge in [-0.1, -0.05) is 6.92 Å². The first kappa shape index (κ1) is 11.0. The molecule has 78 valence electrons. The van der Waals surface area contributed by atoms with E-state index in [1.54, 1.807) is 0 Å². The van der Waals surface area contributed by atoms with Crippen LogP contribution in [0.5, 0.6) is 0 Å². The van der Waals surface area contributed by atoms with Gasteiger partial charge in [-0.25, -0.2) is 0 Å². The Morgan fingerprint density at radius 3 is 2.85 bits per heavy atom. The number of piperidine rings is 1. The Kier molecular flexibility index (Phi) is 4.74. The molecule has 0 spiro atoms. The number of hydrogen-bond acceptors (Lipinski definition) is 2. The number of nitrogens with one attached hydrogen (secondary N) is 1. The first-order valence-electron chi connectivity index (χ1n) is 5.68. The molecule has 2 nitrogen and oxygen atoms in total. The smallest absolute Gasteiger partial charge is 0.00387 e. The molecule has 1 fully saturated rings. The highest BCUT2D eigenvalue weighted by atomic mass is 15.2. The van der Waals surface area contributed by atoms with Gasteiger partial charge in [-0.2, -0.15) is 0 Å². The Morgan fingerprint density at radius 2 is 2.23 bits per heavy atom. The minimum absolute atomic E-state index is 0.726. The van der Waals surface area contributed by atoms with Gasteiger partial charge < -0.3 is 10.2 Å². The molecule has 1 atom stereocenters. The highest BCUT2D eigenvalue weighted by Crippen LogP contribution is 2.17. The van der Waals surface area contributed by atoms with Crippen molar-refractivity contribution in [3.05, 3.63) is 0 Å². The fourth-order valence-electron chi connectivity index (χ4n) is 2.08. The predicted octanol–water partition coefficient (Wildman–Crippen LogP) is 1.72. The zero-order chi connectivity index (χ0) is 9.68. The second-order valence-corrected chi connectivity index (χ2v) is 4.40. The lowest BCUT2D eigenvalue weighted by atomic mass is 9.97. The second kappa shape index (κ2) is 5.61. The maximum atomic E-state index is 3.45. The summed E-state index contributed by atoms with van der Waals surface area (Å²) in [6, 6.07) is 0.726. The SMILES string of the molecule is CCNC[C@@H]1CCCN(C(C)C)C1. The lowest BCUT2D eigenvalue weighted by Gasteiger charge is -2.35.